The molecule has 0 fully saturated rings. The summed E-state index contributed by atoms with van der Waals surface area (Å²) in [4.78, 5) is 14.8. The maximum Gasteiger partial charge on any atom is 0.335 e. The first kappa shape index (κ1) is 12.2. The minimum absolute atomic E-state index is 0.264. The topological polar surface area (TPSA) is 64.3 Å². The SMILES string of the molecule is Cc1cc(C(=O)O)ccc1OCc1cncn1C. The number of carbonyl (C=O) groups is 1. The first-order valence-corrected chi connectivity index (χ1v) is 5.50. The lowest BCUT2D eigenvalue weighted by molar-refractivity contribution is 0.0696. The highest BCUT2D eigenvalue weighted by Crippen LogP contribution is 2.20. The Balaban J connectivity index is 2.11. The van der Waals surface area contributed by atoms with Crippen LogP contribution in [-0.4, -0.2) is 20.6 Å². The van der Waals surface area contributed by atoms with Gasteiger partial charge in [-0.25, -0.2) is 9.78 Å². The minimum atomic E-state index is -0.934. The summed E-state index contributed by atoms with van der Waals surface area (Å²) < 4.78 is 7.52. The smallest absolute Gasteiger partial charge is 0.335 e. The number of imidazole rings is 1. The van der Waals surface area contributed by atoms with E-state index < -0.39 is 5.97 Å². The normalized spacial score (nSPS) is 10.3. The van der Waals surface area contributed by atoms with E-state index in [1.54, 1.807) is 24.7 Å². The summed E-state index contributed by atoms with van der Waals surface area (Å²) in [6.07, 6.45) is 3.44. The molecule has 1 heterocycles. The fourth-order valence-corrected chi connectivity index (χ4v) is 1.62. The van der Waals surface area contributed by atoms with Crippen LogP contribution in [-0.2, 0) is 13.7 Å². The molecular weight excluding hydrogens is 232 g/mol. The van der Waals surface area contributed by atoms with Crippen LogP contribution in [0.1, 0.15) is 21.6 Å². The van der Waals surface area contributed by atoms with Crippen molar-refractivity contribution in [2.75, 3.05) is 0 Å². The summed E-state index contributed by atoms with van der Waals surface area (Å²) >= 11 is 0. The highest BCUT2D eigenvalue weighted by atomic mass is 16.5. The Bertz CT molecular complexity index is 575. The van der Waals surface area contributed by atoms with Gasteiger partial charge in [-0.2, -0.15) is 0 Å². The van der Waals surface area contributed by atoms with Crippen molar-refractivity contribution in [3.8, 4) is 5.75 Å². The van der Waals surface area contributed by atoms with E-state index in [4.69, 9.17) is 9.84 Å². The van der Waals surface area contributed by atoms with Gasteiger partial charge in [-0.05, 0) is 30.7 Å². The summed E-state index contributed by atoms with van der Waals surface area (Å²) in [7, 11) is 1.89. The predicted octanol–water partition coefficient (Wildman–Crippen LogP) is 2.01. The summed E-state index contributed by atoms with van der Waals surface area (Å²) in [5.41, 5.74) is 2.02. The number of hydrogen-bond acceptors (Lipinski definition) is 3. The van der Waals surface area contributed by atoms with Crippen LogP contribution in [0.4, 0.5) is 0 Å². The number of carboxylic acid groups (broad SMARTS) is 1. The maximum atomic E-state index is 10.8. The summed E-state index contributed by atoms with van der Waals surface area (Å²) in [5, 5.41) is 8.86. The highest BCUT2D eigenvalue weighted by Gasteiger charge is 2.07. The molecule has 1 aromatic heterocycles. The van der Waals surface area contributed by atoms with Crippen LogP contribution in [0.25, 0.3) is 0 Å². The molecule has 0 saturated heterocycles. The molecule has 0 unspecified atom stereocenters. The van der Waals surface area contributed by atoms with Crippen molar-refractivity contribution in [2.45, 2.75) is 13.5 Å². The van der Waals surface area contributed by atoms with Gasteiger partial charge in [0.1, 0.15) is 12.4 Å². The summed E-state index contributed by atoms with van der Waals surface area (Å²) in [5.74, 6) is -0.252. The van der Waals surface area contributed by atoms with Crippen molar-refractivity contribution in [3.63, 3.8) is 0 Å². The Morgan fingerprint density at radius 2 is 2.28 bits per heavy atom. The van der Waals surface area contributed by atoms with Crippen molar-refractivity contribution in [1.29, 1.82) is 0 Å². The molecule has 1 N–H and O–H groups in total. The van der Waals surface area contributed by atoms with Crippen LogP contribution in [0.2, 0.25) is 0 Å². The van der Waals surface area contributed by atoms with Gasteiger partial charge in [0.15, 0.2) is 0 Å². The van der Waals surface area contributed by atoms with Gasteiger partial charge < -0.3 is 14.4 Å². The van der Waals surface area contributed by atoms with Crippen molar-refractivity contribution in [3.05, 3.63) is 47.5 Å². The third-order valence-corrected chi connectivity index (χ3v) is 2.71. The molecule has 0 spiro atoms. The number of nitrogens with zero attached hydrogens (tertiary/aromatic N) is 2. The average Bonchev–Trinajstić information content (AvgIpc) is 2.73. The monoisotopic (exact) mass is 246 g/mol. The van der Waals surface area contributed by atoms with Crippen LogP contribution >= 0.6 is 0 Å². The Labute approximate surface area is 105 Å². The van der Waals surface area contributed by atoms with E-state index in [1.807, 2.05) is 18.5 Å². The number of benzene rings is 1. The Morgan fingerprint density at radius 3 is 2.83 bits per heavy atom. The van der Waals surface area contributed by atoms with Crippen molar-refractivity contribution < 1.29 is 14.6 Å². The molecule has 0 aliphatic heterocycles. The van der Waals surface area contributed by atoms with E-state index in [9.17, 15) is 4.79 Å². The third-order valence-electron chi connectivity index (χ3n) is 2.71. The quantitative estimate of drug-likeness (QED) is 0.896. The molecule has 18 heavy (non-hydrogen) atoms. The Morgan fingerprint density at radius 1 is 1.50 bits per heavy atom. The minimum Gasteiger partial charge on any atom is -0.487 e. The van der Waals surface area contributed by atoms with E-state index in [2.05, 4.69) is 4.98 Å². The van der Waals surface area contributed by atoms with Gasteiger partial charge in [0.2, 0.25) is 0 Å². The number of aromatic nitrogens is 2. The molecule has 0 radical (unpaired) electrons. The number of carboxylic acids is 1. The van der Waals surface area contributed by atoms with Gasteiger partial charge in [0, 0.05) is 7.05 Å². The van der Waals surface area contributed by atoms with Crippen LogP contribution in [0, 0.1) is 6.92 Å². The third kappa shape index (κ3) is 2.51. The molecule has 2 rings (SSSR count). The fourth-order valence-electron chi connectivity index (χ4n) is 1.62. The molecule has 0 aliphatic rings. The molecule has 0 bridgehead atoms. The van der Waals surface area contributed by atoms with E-state index in [0.717, 1.165) is 11.3 Å². The molecule has 5 nitrogen and oxygen atoms in total. The molecule has 5 heteroatoms. The Hall–Kier alpha value is -2.30. The molecule has 0 saturated carbocycles. The largest absolute Gasteiger partial charge is 0.487 e. The van der Waals surface area contributed by atoms with Crippen molar-refractivity contribution in [1.82, 2.24) is 9.55 Å². The van der Waals surface area contributed by atoms with Crippen LogP contribution < -0.4 is 4.74 Å². The molecule has 1 aromatic carbocycles. The predicted molar refractivity (Wildman–Crippen MR) is 65.7 cm³/mol. The summed E-state index contributed by atoms with van der Waals surface area (Å²) in [6, 6.07) is 4.81. The average molecular weight is 246 g/mol. The number of aromatic carboxylic acids is 1. The van der Waals surface area contributed by atoms with Gasteiger partial charge in [0.05, 0.1) is 23.8 Å². The molecule has 0 aliphatic carbocycles. The zero-order valence-electron chi connectivity index (χ0n) is 10.3. The lowest BCUT2D eigenvalue weighted by Gasteiger charge is -2.09. The van der Waals surface area contributed by atoms with Gasteiger partial charge in [-0.3, -0.25) is 0 Å². The molecule has 94 valence electrons. The second-order valence-corrected chi connectivity index (χ2v) is 4.07. The van der Waals surface area contributed by atoms with Crippen molar-refractivity contribution >= 4 is 5.97 Å². The summed E-state index contributed by atoms with van der Waals surface area (Å²) in [6.45, 7) is 2.23. The second-order valence-electron chi connectivity index (χ2n) is 4.07. The lowest BCUT2D eigenvalue weighted by Crippen LogP contribution is -2.03. The molecule has 2 aromatic rings. The number of hydrogen-bond donors (Lipinski definition) is 1. The van der Waals surface area contributed by atoms with E-state index in [1.165, 1.54) is 6.07 Å². The van der Waals surface area contributed by atoms with Gasteiger partial charge in [-0.15, -0.1) is 0 Å². The molecule has 0 atom stereocenters. The van der Waals surface area contributed by atoms with Crippen LogP contribution in [0.3, 0.4) is 0 Å². The second kappa shape index (κ2) is 4.91. The van der Waals surface area contributed by atoms with Gasteiger partial charge >= 0.3 is 5.97 Å². The van der Waals surface area contributed by atoms with Crippen LogP contribution in [0.5, 0.6) is 5.75 Å². The maximum absolute atomic E-state index is 10.8. The fraction of sp³-hybridized carbons (Fsp3) is 0.231. The van der Waals surface area contributed by atoms with Crippen LogP contribution in [0.15, 0.2) is 30.7 Å². The number of ether oxygens (including phenoxy) is 1. The zero-order chi connectivity index (χ0) is 13.1. The van der Waals surface area contributed by atoms with E-state index >= 15 is 0 Å². The van der Waals surface area contributed by atoms with E-state index in [0.29, 0.717) is 12.4 Å². The van der Waals surface area contributed by atoms with Crippen molar-refractivity contribution in [2.24, 2.45) is 7.05 Å². The standard InChI is InChI=1S/C13H14N2O3/c1-9-5-10(13(16)17)3-4-12(9)18-7-11-6-14-8-15(11)2/h3-6,8H,7H2,1-2H3,(H,16,17). The Kier molecular flexibility index (Phi) is 3.32. The number of rotatable bonds is 4. The first-order chi connectivity index (χ1) is 8.58. The zero-order valence-corrected chi connectivity index (χ0v) is 10.3. The van der Waals surface area contributed by atoms with Gasteiger partial charge in [-0.1, -0.05) is 0 Å². The first-order valence-electron chi connectivity index (χ1n) is 5.50. The van der Waals surface area contributed by atoms with E-state index in [-0.39, 0.29) is 5.56 Å². The number of aryl methyl sites for hydroxylation is 2. The molecule has 0 amide bonds. The van der Waals surface area contributed by atoms with Gasteiger partial charge in [0.25, 0.3) is 0 Å². The molecular formula is C13H14N2O3. The lowest BCUT2D eigenvalue weighted by atomic mass is 10.1. The highest BCUT2D eigenvalue weighted by molar-refractivity contribution is 5.88.